The van der Waals surface area contributed by atoms with Gasteiger partial charge >= 0.3 is 0 Å². The summed E-state index contributed by atoms with van der Waals surface area (Å²) < 4.78 is 27.9. The summed E-state index contributed by atoms with van der Waals surface area (Å²) >= 11 is 3.08. The zero-order chi connectivity index (χ0) is 15.0. The van der Waals surface area contributed by atoms with E-state index in [0.717, 1.165) is 12.8 Å². The van der Waals surface area contributed by atoms with Gasteiger partial charge in [0.2, 0.25) is 0 Å². The van der Waals surface area contributed by atoms with Crippen LogP contribution in [-0.4, -0.2) is 6.04 Å². The number of benzene rings is 2. The highest BCUT2D eigenvalue weighted by Crippen LogP contribution is 2.39. The van der Waals surface area contributed by atoms with Gasteiger partial charge in [-0.1, -0.05) is 45.8 Å². The minimum Gasteiger partial charge on any atom is -0.378 e. The van der Waals surface area contributed by atoms with Crippen LogP contribution >= 0.6 is 15.9 Å². The molecule has 1 aliphatic carbocycles. The van der Waals surface area contributed by atoms with Crippen LogP contribution in [0, 0.1) is 18.6 Å². The number of anilines is 1. The summed E-state index contributed by atoms with van der Waals surface area (Å²) in [4.78, 5) is 0. The van der Waals surface area contributed by atoms with Crippen molar-refractivity contribution in [3.63, 3.8) is 0 Å². The van der Waals surface area contributed by atoms with E-state index in [0.29, 0.717) is 10.4 Å². The topological polar surface area (TPSA) is 12.0 Å². The molecule has 0 spiro atoms. The van der Waals surface area contributed by atoms with E-state index in [2.05, 4.69) is 52.4 Å². The van der Waals surface area contributed by atoms with Crippen molar-refractivity contribution in [3.05, 3.63) is 63.6 Å². The Morgan fingerprint density at radius 2 is 1.62 bits per heavy atom. The summed E-state index contributed by atoms with van der Waals surface area (Å²) in [6.45, 7) is 2.06. The van der Waals surface area contributed by atoms with Crippen molar-refractivity contribution in [1.82, 2.24) is 0 Å². The molecule has 0 unspecified atom stereocenters. The number of aryl methyl sites for hydroxylation is 1. The molecule has 0 bridgehead atoms. The van der Waals surface area contributed by atoms with Crippen molar-refractivity contribution in [1.29, 1.82) is 0 Å². The molecule has 0 saturated heterocycles. The Kier molecular flexibility index (Phi) is 3.98. The smallest absolute Gasteiger partial charge is 0.150 e. The van der Waals surface area contributed by atoms with Crippen molar-refractivity contribution in [2.75, 3.05) is 5.32 Å². The second-order valence-electron chi connectivity index (χ2n) is 5.66. The first kappa shape index (κ1) is 14.5. The zero-order valence-corrected chi connectivity index (χ0v) is 13.3. The molecule has 3 rings (SSSR count). The van der Waals surface area contributed by atoms with Crippen LogP contribution < -0.4 is 5.32 Å². The van der Waals surface area contributed by atoms with Crippen LogP contribution in [0.2, 0.25) is 0 Å². The van der Waals surface area contributed by atoms with E-state index in [-0.39, 0.29) is 11.7 Å². The number of halogens is 3. The molecule has 0 heterocycles. The SMILES string of the molecule is Cc1ccc(C2CC(Nc3c(F)cc(Br)cc3F)C2)cc1. The molecule has 1 nitrogen and oxygen atoms in total. The van der Waals surface area contributed by atoms with Crippen LogP contribution in [0.15, 0.2) is 40.9 Å². The fourth-order valence-corrected chi connectivity index (χ4v) is 3.13. The first-order chi connectivity index (χ1) is 10.0. The van der Waals surface area contributed by atoms with E-state index >= 15 is 0 Å². The summed E-state index contributed by atoms with van der Waals surface area (Å²) in [5, 5.41) is 2.98. The third kappa shape index (κ3) is 3.10. The van der Waals surface area contributed by atoms with Crippen molar-refractivity contribution < 1.29 is 8.78 Å². The van der Waals surface area contributed by atoms with E-state index in [1.54, 1.807) is 0 Å². The van der Waals surface area contributed by atoms with Crippen LogP contribution in [0.3, 0.4) is 0 Å². The molecular weight excluding hydrogens is 336 g/mol. The van der Waals surface area contributed by atoms with Gasteiger partial charge in [-0.3, -0.25) is 0 Å². The second-order valence-corrected chi connectivity index (χ2v) is 6.58. The van der Waals surface area contributed by atoms with Gasteiger partial charge in [-0.05, 0) is 43.4 Å². The zero-order valence-electron chi connectivity index (χ0n) is 11.7. The summed E-state index contributed by atoms with van der Waals surface area (Å²) in [5.41, 5.74) is 2.52. The van der Waals surface area contributed by atoms with Crippen LogP contribution in [0.4, 0.5) is 14.5 Å². The number of rotatable bonds is 3. The molecule has 0 atom stereocenters. The fraction of sp³-hybridized carbons (Fsp3) is 0.294. The van der Waals surface area contributed by atoms with Crippen LogP contribution in [0.5, 0.6) is 0 Å². The molecule has 2 aromatic carbocycles. The highest BCUT2D eigenvalue weighted by molar-refractivity contribution is 9.10. The number of nitrogens with one attached hydrogen (secondary N) is 1. The maximum atomic E-state index is 13.8. The van der Waals surface area contributed by atoms with E-state index in [9.17, 15) is 8.78 Å². The predicted octanol–water partition coefficient (Wildman–Crippen LogP) is 5.39. The summed E-state index contributed by atoms with van der Waals surface area (Å²) in [5.74, 6) is -0.633. The summed E-state index contributed by atoms with van der Waals surface area (Å²) in [6.07, 6.45) is 1.80. The van der Waals surface area contributed by atoms with Crippen LogP contribution in [-0.2, 0) is 0 Å². The van der Waals surface area contributed by atoms with Gasteiger partial charge in [0.05, 0.1) is 0 Å². The molecule has 21 heavy (non-hydrogen) atoms. The Labute approximate surface area is 131 Å². The van der Waals surface area contributed by atoms with Gasteiger partial charge in [0.25, 0.3) is 0 Å². The van der Waals surface area contributed by atoms with Gasteiger partial charge in [-0.2, -0.15) is 0 Å². The van der Waals surface area contributed by atoms with E-state index < -0.39 is 11.6 Å². The minimum atomic E-state index is -0.555. The lowest BCUT2D eigenvalue weighted by molar-refractivity contribution is 0.371. The average molecular weight is 352 g/mol. The highest BCUT2D eigenvalue weighted by Gasteiger charge is 2.31. The first-order valence-electron chi connectivity index (χ1n) is 7.00. The standard InChI is InChI=1S/C17H16BrF2N/c1-10-2-4-11(5-3-10)12-6-14(7-12)21-17-15(19)8-13(18)9-16(17)20/h2-5,8-9,12,14,21H,6-7H2,1H3. The maximum absolute atomic E-state index is 13.8. The van der Waals surface area contributed by atoms with Crippen molar-refractivity contribution in [3.8, 4) is 0 Å². The van der Waals surface area contributed by atoms with E-state index in [1.165, 1.54) is 23.3 Å². The quantitative estimate of drug-likeness (QED) is 0.781. The Morgan fingerprint density at radius 3 is 2.19 bits per heavy atom. The summed E-state index contributed by atoms with van der Waals surface area (Å²) in [6, 6.07) is 11.2. The first-order valence-corrected chi connectivity index (χ1v) is 7.80. The molecule has 0 amide bonds. The third-order valence-corrected chi connectivity index (χ3v) is 4.50. The largest absolute Gasteiger partial charge is 0.378 e. The lowest BCUT2D eigenvalue weighted by atomic mass is 9.75. The van der Waals surface area contributed by atoms with Crippen molar-refractivity contribution >= 4 is 21.6 Å². The average Bonchev–Trinajstić information content (AvgIpc) is 2.37. The Bertz CT molecular complexity index is 625. The monoisotopic (exact) mass is 351 g/mol. The number of hydrogen-bond acceptors (Lipinski definition) is 1. The normalized spacial score (nSPS) is 21.0. The molecule has 1 aliphatic rings. The van der Waals surface area contributed by atoms with Crippen molar-refractivity contribution in [2.24, 2.45) is 0 Å². The molecule has 0 aromatic heterocycles. The van der Waals surface area contributed by atoms with Gasteiger partial charge in [-0.15, -0.1) is 0 Å². The van der Waals surface area contributed by atoms with Crippen LogP contribution in [0.1, 0.15) is 29.9 Å². The number of hydrogen-bond donors (Lipinski definition) is 1. The molecular formula is C17H16BrF2N. The Hall–Kier alpha value is -1.42. The molecule has 2 aromatic rings. The summed E-state index contributed by atoms with van der Waals surface area (Å²) in [7, 11) is 0. The van der Waals surface area contributed by atoms with E-state index in [4.69, 9.17) is 0 Å². The van der Waals surface area contributed by atoms with E-state index in [1.807, 2.05) is 0 Å². The van der Waals surface area contributed by atoms with Gasteiger partial charge in [-0.25, -0.2) is 8.78 Å². The van der Waals surface area contributed by atoms with Gasteiger partial charge in [0, 0.05) is 10.5 Å². The molecule has 0 aliphatic heterocycles. The lowest BCUT2D eigenvalue weighted by Crippen LogP contribution is -2.34. The Morgan fingerprint density at radius 1 is 1.05 bits per heavy atom. The molecule has 1 saturated carbocycles. The van der Waals surface area contributed by atoms with Crippen molar-refractivity contribution in [2.45, 2.75) is 31.7 Å². The van der Waals surface area contributed by atoms with Gasteiger partial charge in [0.15, 0.2) is 0 Å². The van der Waals surface area contributed by atoms with Gasteiger partial charge in [0.1, 0.15) is 17.3 Å². The molecule has 1 N–H and O–H groups in total. The highest BCUT2D eigenvalue weighted by atomic mass is 79.9. The lowest BCUT2D eigenvalue weighted by Gasteiger charge is -2.37. The minimum absolute atomic E-state index is 0.0226. The predicted molar refractivity (Wildman–Crippen MR) is 84.6 cm³/mol. The molecule has 4 heteroatoms. The molecule has 1 fully saturated rings. The molecule has 0 radical (unpaired) electrons. The molecule has 110 valence electrons. The van der Waals surface area contributed by atoms with Gasteiger partial charge < -0.3 is 5.32 Å². The second kappa shape index (κ2) is 5.76. The third-order valence-electron chi connectivity index (χ3n) is 4.04. The maximum Gasteiger partial charge on any atom is 0.150 e. The van der Waals surface area contributed by atoms with Crippen LogP contribution in [0.25, 0.3) is 0 Å². The Balaban J connectivity index is 1.64. The fourth-order valence-electron chi connectivity index (χ4n) is 2.73.